The second-order valence-corrected chi connectivity index (χ2v) is 5.74. The fraction of sp³-hybridized carbons (Fsp3) is 0.667. The fourth-order valence-electron chi connectivity index (χ4n) is 2.37. The maximum absolute atomic E-state index is 5.99. The summed E-state index contributed by atoms with van der Waals surface area (Å²) in [5, 5.41) is 0. The van der Waals surface area contributed by atoms with E-state index in [4.69, 9.17) is 4.74 Å². The SMILES string of the molecule is CC1CN(c2cnc(Br)cn2)CC(C2CC2)O1. The molecule has 0 aromatic carbocycles. The second-order valence-electron chi connectivity index (χ2n) is 4.92. The molecule has 1 saturated heterocycles. The molecular formula is C12H16BrN3O. The lowest BCUT2D eigenvalue weighted by Crippen LogP contribution is -2.47. The minimum absolute atomic E-state index is 0.278. The van der Waals surface area contributed by atoms with Crippen molar-refractivity contribution in [2.24, 2.45) is 5.92 Å². The van der Waals surface area contributed by atoms with Crippen LogP contribution in [0.4, 0.5) is 5.82 Å². The molecule has 1 aliphatic carbocycles. The molecule has 0 N–H and O–H groups in total. The lowest BCUT2D eigenvalue weighted by molar-refractivity contribution is -0.0273. The molecule has 1 aromatic heterocycles. The summed E-state index contributed by atoms with van der Waals surface area (Å²) in [6.07, 6.45) is 6.87. The van der Waals surface area contributed by atoms with Gasteiger partial charge in [-0.15, -0.1) is 0 Å². The van der Waals surface area contributed by atoms with E-state index in [0.717, 1.165) is 29.4 Å². The van der Waals surface area contributed by atoms with Crippen molar-refractivity contribution in [1.82, 2.24) is 9.97 Å². The maximum Gasteiger partial charge on any atom is 0.147 e. The number of rotatable bonds is 2. The largest absolute Gasteiger partial charge is 0.371 e. The van der Waals surface area contributed by atoms with Crippen LogP contribution in [0.5, 0.6) is 0 Å². The summed E-state index contributed by atoms with van der Waals surface area (Å²) >= 11 is 3.31. The van der Waals surface area contributed by atoms with E-state index in [-0.39, 0.29) is 6.10 Å². The summed E-state index contributed by atoms with van der Waals surface area (Å²) in [5.41, 5.74) is 0. The van der Waals surface area contributed by atoms with Crippen molar-refractivity contribution in [2.75, 3.05) is 18.0 Å². The van der Waals surface area contributed by atoms with Gasteiger partial charge in [-0.2, -0.15) is 0 Å². The van der Waals surface area contributed by atoms with Crippen LogP contribution >= 0.6 is 15.9 Å². The van der Waals surface area contributed by atoms with E-state index in [0.29, 0.717) is 6.10 Å². The number of halogens is 1. The highest BCUT2D eigenvalue weighted by atomic mass is 79.9. The van der Waals surface area contributed by atoms with Gasteiger partial charge in [0.25, 0.3) is 0 Å². The number of hydrogen-bond acceptors (Lipinski definition) is 4. The third kappa shape index (κ3) is 2.60. The topological polar surface area (TPSA) is 38.2 Å². The van der Waals surface area contributed by atoms with Gasteiger partial charge >= 0.3 is 0 Å². The van der Waals surface area contributed by atoms with Gasteiger partial charge < -0.3 is 9.64 Å². The van der Waals surface area contributed by atoms with E-state index in [1.165, 1.54) is 12.8 Å². The van der Waals surface area contributed by atoms with Gasteiger partial charge in [0.15, 0.2) is 0 Å². The van der Waals surface area contributed by atoms with Crippen LogP contribution < -0.4 is 4.90 Å². The van der Waals surface area contributed by atoms with Gasteiger partial charge in [0.1, 0.15) is 10.4 Å². The van der Waals surface area contributed by atoms with Crippen LogP contribution in [-0.4, -0.2) is 35.3 Å². The van der Waals surface area contributed by atoms with Gasteiger partial charge in [-0.1, -0.05) is 0 Å². The number of anilines is 1. The van der Waals surface area contributed by atoms with Crippen LogP contribution in [0, 0.1) is 5.92 Å². The molecule has 0 radical (unpaired) electrons. The Labute approximate surface area is 110 Å². The van der Waals surface area contributed by atoms with Crippen LogP contribution in [-0.2, 0) is 4.74 Å². The number of morpholine rings is 1. The number of aromatic nitrogens is 2. The monoisotopic (exact) mass is 297 g/mol. The Hall–Kier alpha value is -0.680. The Morgan fingerprint density at radius 2 is 2.12 bits per heavy atom. The highest BCUT2D eigenvalue weighted by molar-refractivity contribution is 9.10. The molecule has 0 bridgehead atoms. The standard InChI is InChI=1S/C12H16BrN3O/c1-8-6-16(7-10(17-8)9-2-3-9)12-5-14-11(13)4-15-12/h4-5,8-10H,2-3,6-7H2,1H3. The summed E-state index contributed by atoms with van der Waals surface area (Å²) in [6, 6.07) is 0. The van der Waals surface area contributed by atoms with Gasteiger partial charge in [0.2, 0.25) is 0 Å². The summed E-state index contributed by atoms with van der Waals surface area (Å²) in [6.45, 7) is 3.98. The van der Waals surface area contributed by atoms with Crippen molar-refractivity contribution >= 4 is 21.7 Å². The first kappa shape index (κ1) is 11.4. The average Bonchev–Trinajstić information content (AvgIpc) is 3.13. The van der Waals surface area contributed by atoms with Gasteiger partial charge in [-0.3, -0.25) is 0 Å². The van der Waals surface area contributed by atoms with Crippen LogP contribution in [0.2, 0.25) is 0 Å². The highest BCUT2D eigenvalue weighted by Crippen LogP contribution is 2.37. The van der Waals surface area contributed by atoms with E-state index < -0.39 is 0 Å². The van der Waals surface area contributed by atoms with Crippen molar-refractivity contribution in [3.8, 4) is 0 Å². The van der Waals surface area contributed by atoms with Crippen molar-refractivity contribution in [2.45, 2.75) is 32.0 Å². The molecule has 2 fully saturated rings. The first-order valence-corrected chi connectivity index (χ1v) is 6.89. The molecule has 92 valence electrons. The Balaban J connectivity index is 1.75. The first-order valence-electron chi connectivity index (χ1n) is 6.10. The van der Waals surface area contributed by atoms with E-state index >= 15 is 0 Å². The predicted molar refractivity (Wildman–Crippen MR) is 69.0 cm³/mol. The molecule has 1 aliphatic heterocycles. The lowest BCUT2D eigenvalue weighted by atomic mass is 10.1. The number of hydrogen-bond donors (Lipinski definition) is 0. The molecule has 3 rings (SSSR count). The van der Waals surface area contributed by atoms with Crippen LogP contribution in [0.3, 0.4) is 0 Å². The summed E-state index contributed by atoms with van der Waals surface area (Å²) in [5.74, 6) is 1.72. The smallest absolute Gasteiger partial charge is 0.147 e. The van der Waals surface area contributed by atoms with E-state index in [1.807, 2.05) is 6.20 Å². The Bertz CT molecular complexity index is 393. The summed E-state index contributed by atoms with van der Waals surface area (Å²) in [4.78, 5) is 10.9. The first-order chi connectivity index (χ1) is 8.22. The van der Waals surface area contributed by atoms with Crippen molar-refractivity contribution in [1.29, 1.82) is 0 Å². The molecular weight excluding hydrogens is 282 g/mol. The highest BCUT2D eigenvalue weighted by Gasteiger charge is 2.37. The molecule has 17 heavy (non-hydrogen) atoms. The van der Waals surface area contributed by atoms with Gasteiger partial charge in [-0.25, -0.2) is 9.97 Å². The maximum atomic E-state index is 5.99. The normalized spacial score (nSPS) is 29.4. The van der Waals surface area contributed by atoms with Crippen molar-refractivity contribution < 1.29 is 4.74 Å². The molecule has 4 nitrogen and oxygen atoms in total. The van der Waals surface area contributed by atoms with E-state index in [9.17, 15) is 0 Å². The van der Waals surface area contributed by atoms with Crippen molar-refractivity contribution in [3.05, 3.63) is 17.0 Å². The fourth-order valence-corrected chi connectivity index (χ4v) is 2.58. The Morgan fingerprint density at radius 3 is 2.76 bits per heavy atom. The number of nitrogens with zero attached hydrogens (tertiary/aromatic N) is 3. The van der Waals surface area contributed by atoms with Crippen LogP contribution in [0.25, 0.3) is 0 Å². The predicted octanol–water partition coefficient (Wildman–Crippen LogP) is 2.24. The third-order valence-electron chi connectivity index (χ3n) is 3.36. The van der Waals surface area contributed by atoms with Gasteiger partial charge in [0, 0.05) is 13.1 Å². The van der Waals surface area contributed by atoms with Crippen LogP contribution in [0.15, 0.2) is 17.0 Å². The summed E-state index contributed by atoms with van der Waals surface area (Å²) in [7, 11) is 0. The van der Waals surface area contributed by atoms with E-state index in [2.05, 4.69) is 37.7 Å². The zero-order valence-corrected chi connectivity index (χ0v) is 11.4. The number of ether oxygens (including phenoxy) is 1. The van der Waals surface area contributed by atoms with E-state index in [1.54, 1.807) is 6.20 Å². The van der Waals surface area contributed by atoms with Crippen LogP contribution in [0.1, 0.15) is 19.8 Å². The molecule has 2 heterocycles. The van der Waals surface area contributed by atoms with Gasteiger partial charge in [-0.05, 0) is 41.6 Å². The van der Waals surface area contributed by atoms with Gasteiger partial charge in [0.05, 0.1) is 24.6 Å². The zero-order chi connectivity index (χ0) is 11.8. The average molecular weight is 298 g/mol. The van der Waals surface area contributed by atoms with Crippen molar-refractivity contribution in [3.63, 3.8) is 0 Å². The molecule has 2 aliphatic rings. The Morgan fingerprint density at radius 1 is 1.29 bits per heavy atom. The third-order valence-corrected chi connectivity index (χ3v) is 3.77. The molecule has 1 saturated carbocycles. The summed E-state index contributed by atoms with van der Waals surface area (Å²) < 4.78 is 6.77. The zero-order valence-electron chi connectivity index (χ0n) is 9.84. The second kappa shape index (κ2) is 4.53. The molecule has 0 spiro atoms. The molecule has 0 amide bonds. The quantitative estimate of drug-likeness (QED) is 0.839. The Kier molecular flexibility index (Phi) is 3.04. The minimum atomic E-state index is 0.278. The minimum Gasteiger partial charge on any atom is -0.371 e. The lowest BCUT2D eigenvalue weighted by Gasteiger charge is -2.37. The molecule has 5 heteroatoms. The molecule has 2 atom stereocenters. The molecule has 1 aromatic rings. The molecule has 2 unspecified atom stereocenters.